The van der Waals surface area contributed by atoms with Gasteiger partial charge in [0.05, 0.1) is 11.3 Å². The van der Waals surface area contributed by atoms with Crippen molar-refractivity contribution in [3.63, 3.8) is 0 Å². The van der Waals surface area contributed by atoms with E-state index in [1.807, 2.05) is 35.2 Å². The van der Waals surface area contributed by atoms with Crippen molar-refractivity contribution in [3.8, 4) is 0 Å². The van der Waals surface area contributed by atoms with Crippen LogP contribution in [0.15, 0.2) is 46.0 Å². The van der Waals surface area contributed by atoms with Crippen LogP contribution >= 0.6 is 0 Å². The highest BCUT2D eigenvalue weighted by molar-refractivity contribution is 5.50. The summed E-state index contributed by atoms with van der Waals surface area (Å²) >= 11 is 0. The van der Waals surface area contributed by atoms with Crippen molar-refractivity contribution in [1.29, 1.82) is 0 Å². The van der Waals surface area contributed by atoms with E-state index in [1.54, 1.807) is 0 Å². The van der Waals surface area contributed by atoms with E-state index in [4.69, 9.17) is 0 Å². The van der Waals surface area contributed by atoms with Gasteiger partial charge in [0.1, 0.15) is 0 Å². The molecular weight excluding hydrogens is 326 g/mol. The van der Waals surface area contributed by atoms with Gasteiger partial charge in [-0.05, 0) is 24.8 Å². The lowest BCUT2D eigenvalue weighted by molar-refractivity contribution is -0.0392. The monoisotopic (exact) mass is 355 g/mol. The van der Waals surface area contributed by atoms with Crippen LogP contribution in [0.25, 0.3) is 0 Å². The number of anilines is 1. The fourth-order valence-corrected chi connectivity index (χ4v) is 4.26. The van der Waals surface area contributed by atoms with Crippen molar-refractivity contribution in [2.45, 2.75) is 57.5 Å². The number of aliphatic hydroxyl groups is 1. The van der Waals surface area contributed by atoms with Crippen LogP contribution in [0.5, 0.6) is 0 Å². The largest absolute Gasteiger partial charge is 0.385 e. The number of benzene rings is 1. The summed E-state index contributed by atoms with van der Waals surface area (Å²) < 4.78 is 0. The fourth-order valence-electron chi connectivity index (χ4n) is 4.26. The molecular formula is C22H29NO3. The Bertz CT molecular complexity index is 778. The van der Waals surface area contributed by atoms with E-state index < -0.39 is 11.0 Å². The van der Waals surface area contributed by atoms with Gasteiger partial charge in [-0.15, -0.1) is 0 Å². The molecule has 140 valence electrons. The molecule has 0 saturated carbocycles. The topological polar surface area (TPSA) is 57.6 Å². The third kappa shape index (κ3) is 3.75. The molecule has 3 rings (SSSR count). The van der Waals surface area contributed by atoms with Gasteiger partial charge in [0.25, 0.3) is 0 Å². The molecule has 4 heteroatoms. The zero-order chi connectivity index (χ0) is 18.6. The molecule has 2 atom stereocenters. The summed E-state index contributed by atoms with van der Waals surface area (Å²) in [7, 11) is 0. The quantitative estimate of drug-likeness (QED) is 0.583. The first-order valence-corrected chi connectivity index (χ1v) is 9.89. The van der Waals surface area contributed by atoms with Gasteiger partial charge in [0.15, 0.2) is 0 Å². The lowest BCUT2D eigenvalue weighted by atomic mass is 9.74. The second-order valence-electron chi connectivity index (χ2n) is 7.61. The molecule has 0 bridgehead atoms. The van der Waals surface area contributed by atoms with Gasteiger partial charge in [0.2, 0.25) is 10.9 Å². The molecule has 26 heavy (non-hydrogen) atoms. The highest BCUT2D eigenvalue weighted by atomic mass is 16.3. The lowest BCUT2D eigenvalue weighted by Crippen LogP contribution is -2.49. The second kappa shape index (κ2) is 8.17. The number of piperidine rings is 1. The number of hydrogen-bond donors (Lipinski definition) is 1. The van der Waals surface area contributed by atoms with Gasteiger partial charge >= 0.3 is 0 Å². The molecule has 1 aliphatic heterocycles. The Morgan fingerprint density at radius 3 is 2.58 bits per heavy atom. The van der Waals surface area contributed by atoms with Crippen molar-refractivity contribution in [1.82, 2.24) is 0 Å². The molecule has 1 fully saturated rings. The molecule has 2 aromatic rings. The number of nitrogens with zero attached hydrogens (tertiary/aromatic N) is 1. The lowest BCUT2D eigenvalue weighted by Gasteiger charge is -2.43. The number of rotatable bonds is 8. The molecule has 0 radical (unpaired) electrons. The average molecular weight is 355 g/mol. The summed E-state index contributed by atoms with van der Waals surface area (Å²) in [5, 5.41) is 11.7. The Labute approximate surface area is 155 Å². The molecule has 0 spiro atoms. The van der Waals surface area contributed by atoms with E-state index in [0.29, 0.717) is 12.2 Å². The predicted octanol–water partition coefficient (Wildman–Crippen LogP) is 3.36. The molecule has 1 heterocycles. The summed E-state index contributed by atoms with van der Waals surface area (Å²) in [6, 6.07) is 11.4. The van der Waals surface area contributed by atoms with Gasteiger partial charge in [-0.3, -0.25) is 9.59 Å². The molecule has 0 aliphatic carbocycles. The van der Waals surface area contributed by atoms with E-state index in [-0.39, 0.29) is 11.3 Å². The van der Waals surface area contributed by atoms with E-state index in [9.17, 15) is 14.7 Å². The van der Waals surface area contributed by atoms with Crippen LogP contribution in [-0.4, -0.2) is 18.2 Å². The van der Waals surface area contributed by atoms with Crippen LogP contribution in [0.4, 0.5) is 5.69 Å². The number of hydrogen-bond acceptors (Lipinski definition) is 4. The summed E-state index contributed by atoms with van der Waals surface area (Å²) in [4.78, 5) is 25.1. The third-order valence-electron chi connectivity index (χ3n) is 5.85. The molecule has 1 aliphatic rings. The minimum absolute atomic E-state index is 0.0599. The molecule has 1 saturated heterocycles. The van der Waals surface area contributed by atoms with Crippen molar-refractivity contribution < 1.29 is 5.11 Å². The van der Waals surface area contributed by atoms with E-state index >= 15 is 0 Å². The minimum atomic E-state index is -0.884. The predicted molar refractivity (Wildman–Crippen MR) is 105 cm³/mol. The van der Waals surface area contributed by atoms with Gasteiger partial charge in [-0.2, -0.15) is 0 Å². The molecule has 4 nitrogen and oxygen atoms in total. The molecule has 2 aromatic carbocycles. The van der Waals surface area contributed by atoms with Crippen molar-refractivity contribution >= 4 is 5.69 Å². The minimum Gasteiger partial charge on any atom is -0.385 e. The van der Waals surface area contributed by atoms with E-state index in [1.165, 1.54) is 18.9 Å². The first-order valence-electron chi connectivity index (χ1n) is 9.89. The zero-order valence-corrected chi connectivity index (χ0v) is 15.6. The second-order valence-corrected chi connectivity index (χ2v) is 7.61. The third-order valence-corrected chi connectivity index (χ3v) is 5.85. The SMILES string of the molecule is CCCCCC[C@@](O)(c1ccccc1)C1CCCN(c2cc(=O)c2=O)C1. The summed E-state index contributed by atoms with van der Waals surface area (Å²) in [5.41, 5.74) is -0.170. The van der Waals surface area contributed by atoms with Crippen molar-refractivity contribution in [2.75, 3.05) is 18.0 Å². The van der Waals surface area contributed by atoms with Gasteiger partial charge in [0, 0.05) is 25.1 Å². The van der Waals surface area contributed by atoms with E-state index in [2.05, 4.69) is 6.92 Å². The molecule has 1 N–H and O–H groups in total. The highest BCUT2D eigenvalue weighted by Gasteiger charge is 2.40. The number of unbranched alkanes of at least 4 members (excludes halogenated alkanes) is 3. The normalized spacial score (nSPS) is 20.2. The standard InChI is InChI=1S/C22H29NO3/c1-2-3-4-8-13-22(26,17-10-6-5-7-11-17)18-12-9-14-23(16-18)19-15-20(24)21(19)25/h5-7,10-11,15,18,26H,2-4,8-9,12-14,16H2,1H3/t18?,22-/m1/s1. The maximum atomic E-state index is 11.8. The maximum absolute atomic E-state index is 11.8. The van der Waals surface area contributed by atoms with Crippen LogP contribution in [0.2, 0.25) is 0 Å². The van der Waals surface area contributed by atoms with Crippen LogP contribution in [0.1, 0.15) is 57.4 Å². The summed E-state index contributed by atoms with van der Waals surface area (Å²) in [6.45, 7) is 3.60. The highest BCUT2D eigenvalue weighted by Crippen LogP contribution is 2.40. The molecule has 0 amide bonds. The van der Waals surface area contributed by atoms with Crippen molar-refractivity contribution in [3.05, 3.63) is 62.4 Å². The van der Waals surface area contributed by atoms with Gasteiger partial charge < -0.3 is 10.0 Å². The Kier molecular flexibility index (Phi) is 5.92. The van der Waals surface area contributed by atoms with Gasteiger partial charge in [-0.25, -0.2) is 0 Å². The average Bonchev–Trinajstić information content (AvgIpc) is 2.69. The van der Waals surface area contributed by atoms with Gasteiger partial charge in [-0.1, -0.05) is 62.9 Å². The summed E-state index contributed by atoms with van der Waals surface area (Å²) in [6.07, 6.45) is 7.08. The fraction of sp³-hybridized carbons (Fsp3) is 0.545. The Balaban J connectivity index is 1.80. The van der Waals surface area contributed by atoms with Crippen LogP contribution in [0.3, 0.4) is 0 Å². The first kappa shape index (κ1) is 18.8. The molecule has 0 aromatic heterocycles. The van der Waals surface area contributed by atoms with E-state index in [0.717, 1.165) is 44.2 Å². The van der Waals surface area contributed by atoms with Crippen molar-refractivity contribution in [2.24, 2.45) is 5.92 Å². The smallest absolute Gasteiger partial charge is 0.249 e. The van der Waals surface area contributed by atoms with Crippen LogP contribution < -0.4 is 15.8 Å². The van der Waals surface area contributed by atoms with Crippen LogP contribution in [0, 0.1) is 5.92 Å². The zero-order valence-electron chi connectivity index (χ0n) is 15.6. The summed E-state index contributed by atoms with van der Waals surface area (Å²) in [5.74, 6) is 0.0599. The Hall–Kier alpha value is -1.94. The Morgan fingerprint density at radius 2 is 1.92 bits per heavy atom. The molecule has 1 unspecified atom stereocenters. The maximum Gasteiger partial charge on any atom is 0.249 e. The first-order chi connectivity index (χ1) is 12.6. The van der Waals surface area contributed by atoms with Crippen LogP contribution in [-0.2, 0) is 5.60 Å². The Morgan fingerprint density at radius 1 is 1.15 bits per heavy atom.